The number of carboxylic acid groups (broad SMARTS) is 1. The summed E-state index contributed by atoms with van der Waals surface area (Å²) in [6, 6.07) is 5.80. The number of aliphatic carboxylic acids is 1. The first kappa shape index (κ1) is 26.1. The van der Waals surface area contributed by atoms with Crippen LogP contribution >= 0.6 is 11.3 Å². The molecule has 2 amide bonds. The number of carbonyl (C=O) groups excluding carboxylic acids is 2. The van der Waals surface area contributed by atoms with Gasteiger partial charge in [-0.25, -0.2) is 9.18 Å². The Morgan fingerprint density at radius 3 is 2.65 bits per heavy atom. The van der Waals surface area contributed by atoms with Gasteiger partial charge in [0.05, 0.1) is 35.8 Å². The van der Waals surface area contributed by atoms with E-state index in [2.05, 4.69) is 5.32 Å². The van der Waals surface area contributed by atoms with E-state index in [-0.39, 0.29) is 36.5 Å². The molecule has 4 rings (SSSR count). The molecule has 0 bridgehead atoms. The van der Waals surface area contributed by atoms with Crippen molar-refractivity contribution in [2.24, 2.45) is 0 Å². The normalized spacial score (nSPS) is 19.6. The predicted octanol–water partition coefficient (Wildman–Crippen LogP) is 2.60. The van der Waals surface area contributed by atoms with Crippen molar-refractivity contribution in [3.63, 3.8) is 0 Å². The number of cyclic esters (lactones) is 1. The van der Waals surface area contributed by atoms with Crippen molar-refractivity contribution in [3.05, 3.63) is 45.1 Å². The molecule has 0 spiro atoms. The number of hydrogen-bond acceptors (Lipinski definition) is 9. The molecule has 0 saturated carbocycles. The van der Waals surface area contributed by atoms with Gasteiger partial charge in [0, 0.05) is 37.5 Å². The van der Waals surface area contributed by atoms with Gasteiger partial charge in [-0.05, 0) is 31.2 Å². The zero-order chi connectivity index (χ0) is 26.9. The number of nitrogens with zero attached hydrogens (tertiary/aromatic N) is 4. The maximum atomic E-state index is 15.2. The molecule has 0 radical (unpaired) electrons. The number of amides is 2. The van der Waals surface area contributed by atoms with Crippen LogP contribution in [0.3, 0.4) is 0 Å². The van der Waals surface area contributed by atoms with Crippen LogP contribution in [0.25, 0.3) is 0 Å². The predicted molar refractivity (Wildman–Crippen MR) is 134 cm³/mol. The monoisotopic (exact) mass is 535 g/mol. The Labute approximate surface area is 215 Å². The second-order valence-electron chi connectivity index (χ2n) is 8.91. The molecule has 1 aromatic heterocycles. The summed E-state index contributed by atoms with van der Waals surface area (Å²) in [4.78, 5) is 50.9. The van der Waals surface area contributed by atoms with E-state index in [0.29, 0.717) is 41.6 Å². The number of carboxylic acids is 1. The van der Waals surface area contributed by atoms with Gasteiger partial charge in [0.2, 0.25) is 5.91 Å². The Kier molecular flexibility index (Phi) is 7.47. The van der Waals surface area contributed by atoms with Crippen molar-refractivity contribution in [1.82, 2.24) is 5.32 Å². The van der Waals surface area contributed by atoms with E-state index in [1.54, 1.807) is 18.2 Å². The van der Waals surface area contributed by atoms with Gasteiger partial charge in [0.25, 0.3) is 0 Å². The van der Waals surface area contributed by atoms with Crippen LogP contribution in [-0.2, 0) is 20.7 Å². The van der Waals surface area contributed by atoms with Crippen LogP contribution in [0.15, 0.2) is 24.3 Å². The molecule has 12 nitrogen and oxygen atoms in total. The first-order valence-electron chi connectivity index (χ1n) is 11.6. The molecule has 1 aromatic carbocycles. The standard InChI is InChI=1S/C23H26FN5O7S/c1-13-11-26(5-6-27(13)20-8-17(9-21(31)32)37-22(20)29(34)35)19-4-3-15(7-18(19)24)28-12-16(36-23(28)33)10-25-14(2)30/h3-4,7-8,13,16H,5-6,9-12H2,1-2H3,(H,25,30)(H,31,32)/t13?,16-/m0/s1. The first-order valence-corrected chi connectivity index (χ1v) is 12.4. The van der Waals surface area contributed by atoms with Crippen molar-refractivity contribution in [2.45, 2.75) is 32.4 Å². The van der Waals surface area contributed by atoms with Gasteiger partial charge in [-0.3, -0.25) is 24.6 Å². The fourth-order valence-electron chi connectivity index (χ4n) is 4.54. The van der Waals surface area contributed by atoms with Crippen molar-refractivity contribution in [3.8, 4) is 0 Å². The Morgan fingerprint density at radius 1 is 1.27 bits per heavy atom. The topological polar surface area (TPSA) is 146 Å². The van der Waals surface area contributed by atoms with E-state index in [1.165, 1.54) is 17.9 Å². The summed E-state index contributed by atoms with van der Waals surface area (Å²) in [7, 11) is 0. The van der Waals surface area contributed by atoms with Crippen LogP contribution in [0.4, 0.5) is 31.2 Å². The average Bonchev–Trinajstić information content (AvgIpc) is 3.40. The lowest BCUT2D eigenvalue weighted by Gasteiger charge is -2.41. The lowest BCUT2D eigenvalue weighted by Crippen LogP contribution is -2.52. The maximum Gasteiger partial charge on any atom is 0.414 e. The number of rotatable bonds is 8. The summed E-state index contributed by atoms with van der Waals surface area (Å²) in [5.74, 6) is -1.83. The molecule has 37 heavy (non-hydrogen) atoms. The van der Waals surface area contributed by atoms with Crippen LogP contribution in [0.2, 0.25) is 0 Å². The van der Waals surface area contributed by atoms with E-state index in [0.717, 1.165) is 11.3 Å². The van der Waals surface area contributed by atoms with Crippen LogP contribution in [0, 0.1) is 15.9 Å². The molecule has 14 heteroatoms. The van der Waals surface area contributed by atoms with E-state index < -0.39 is 28.9 Å². The first-order chi connectivity index (χ1) is 17.5. The molecule has 2 aromatic rings. The SMILES string of the molecule is CC(=O)NC[C@H]1CN(c2ccc(N3CCN(c4cc(CC(=O)O)sc4[N+](=O)[O-])C(C)C3)c(F)c2)C(=O)O1. The van der Waals surface area contributed by atoms with Gasteiger partial charge in [0.15, 0.2) is 0 Å². The van der Waals surface area contributed by atoms with Gasteiger partial charge < -0.3 is 25.0 Å². The largest absolute Gasteiger partial charge is 0.481 e. The summed E-state index contributed by atoms with van der Waals surface area (Å²) in [5.41, 5.74) is 1.04. The lowest BCUT2D eigenvalue weighted by atomic mass is 10.1. The Morgan fingerprint density at radius 2 is 2.03 bits per heavy atom. The van der Waals surface area contributed by atoms with Crippen LogP contribution in [-0.4, -0.2) is 72.9 Å². The van der Waals surface area contributed by atoms with Gasteiger partial charge >= 0.3 is 17.1 Å². The quantitative estimate of drug-likeness (QED) is 0.385. The molecule has 1 unspecified atom stereocenters. The summed E-state index contributed by atoms with van der Waals surface area (Å²) >= 11 is 0.851. The fraction of sp³-hybridized carbons (Fsp3) is 0.435. The average molecular weight is 536 g/mol. The van der Waals surface area contributed by atoms with Crippen LogP contribution < -0.4 is 20.0 Å². The number of ether oxygens (including phenoxy) is 1. The second kappa shape index (κ2) is 10.6. The number of piperazine rings is 1. The number of nitro groups is 1. The van der Waals surface area contributed by atoms with Crippen molar-refractivity contribution in [2.75, 3.05) is 47.4 Å². The van der Waals surface area contributed by atoms with Gasteiger partial charge in [0.1, 0.15) is 17.6 Å². The molecule has 2 atom stereocenters. The summed E-state index contributed by atoms with van der Waals surface area (Å²) in [5, 5.41) is 23.1. The van der Waals surface area contributed by atoms with Gasteiger partial charge in [-0.2, -0.15) is 0 Å². The third-order valence-electron chi connectivity index (χ3n) is 6.21. The molecule has 2 aliphatic heterocycles. The molecule has 2 saturated heterocycles. The summed E-state index contributed by atoms with van der Waals surface area (Å²) in [6.07, 6.45) is -1.45. The molecule has 198 valence electrons. The number of halogens is 1. The van der Waals surface area contributed by atoms with E-state index in [4.69, 9.17) is 9.84 Å². The third kappa shape index (κ3) is 5.74. The summed E-state index contributed by atoms with van der Waals surface area (Å²) in [6.45, 7) is 4.70. The minimum absolute atomic E-state index is 0.110. The number of benzene rings is 1. The zero-order valence-electron chi connectivity index (χ0n) is 20.2. The highest BCUT2D eigenvalue weighted by molar-refractivity contribution is 7.16. The number of carbonyl (C=O) groups is 3. The summed E-state index contributed by atoms with van der Waals surface area (Å²) < 4.78 is 20.4. The Hall–Kier alpha value is -3.94. The lowest BCUT2D eigenvalue weighted by molar-refractivity contribution is -0.379. The number of hydrogen-bond donors (Lipinski definition) is 2. The van der Waals surface area contributed by atoms with Crippen molar-refractivity contribution >= 4 is 51.4 Å². The molecule has 2 aliphatic rings. The van der Waals surface area contributed by atoms with Gasteiger partial charge in [-0.1, -0.05) is 11.3 Å². The highest BCUT2D eigenvalue weighted by Crippen LogP contribution is 2.40. The molecule has 2 N–H and O–H groups in total. The number of nitrogens with one attached hydrogen (secondary N) is 1. The third-order valence-corrected chi connectivity index (χ3v) is 7.29. The number of anilines is 3. The molecule has 3 heterocycles. The molecule has 2 fully saturated rings. The van der Waals surface area contributed by atoms with E-state index in [1.807, 2.05) is 16.7 Å². The molecule has 0 aliphatic carbocycles. The minimum Gasteiger partial charge on any atom is -0.481 e. The molecular weight excluding hydrogens is 509 g/mol. The van der Waals surface area contributed by atoms with Crippen molar-refractivity contribution in [1.29, 1.82) is 0 Å². The van der Waals surface area contributed by atoms with Crippen molar-refractivity contribution < 1.29 is 33.5 Å². The van der Waals surface area contributed by atoms with Crippen LogP contribution in [0.5, 0.6) is 0 Å². The highest BCUT2D eigenvalue weighted by atomic mass is 32.1. The Bertz CT molecular complexity index is 1240. The van der Waals surface area contributed by atoms with E-state index >= 15 is 4.39 Å². The molecular formula is C23H26FN5O7S. The maximum absolute atomic E-state index is 15.2. The highest BCUT2D eigenvalue weighted by Gasteiger charge is 2.34. The van der Waals surface area contributed by atoms with E-state index in [9.17, 15) is 24.5 Å². The fourth-order valence-corrected chi connectivity index (χ4v) is 5.51. The zero-order valence-corrected chi connectivity index (χ0v) is 21.0. The van der Waals surface area contributed by atoms with Crippen LogP contribution in [0.1, 0.15) is 18.7 Å². The second-order valence-corrected chi connectivity index (χ2v) is 10.0. The number of thiophene rings is 1. The van der Waals surface area contributed by atoms with Gasteiger partial charge in [-0.15, -0.1) is 0 Å². The minimum atomic E-state index is -1.06. The smallest absolute Gasteiger partial charge is 0.414 e. The Balaban J connectivity index is 1.45.